The van der Waals surface area contributed by atoms with Crippen LogP contribution in [0.4, 0.5) is 0 Å². The normalized spacial score (nSPS) is 15.3. The van der Waals surface area contributed by atoms with Gasteiger partial charge < -0.3 is 9.52 Å². The minimum atomic E-state index is -0.946. The average Bonchev–Trinajstić information content (AvgIpc) is 2.98. The number of hydrogen-bond donors (Lipinski definition) is 1. The molecule has 0 radical (unpaired) electrons. The third-order valence-corrected chi connectivity index (χ3v) is 3.30. The van der Waals surface area contributed by atoms with Crippen LogP contribution in [0.2, 0.25) is 0 Å². The van der Waals surface area contributed by atoms with Crippen molar-refractivity contribution in [3.05, 3.63) is 29.7 Å². The lowest BCUT2D eigenvalue weighted by molar-refractivity contribution is 0.0484. The first-order valence-electron chi connectivity index (χ1n) is 6.80. The first kappa shape index (κ1) is 14.7. The third-order valence-electron chi connectivity index (χ3n) is 3.30. The van der Waals surface area contributed by atoms with Crippen molar-refractivity contribution in [2.75, 3.05) is 0 Å². The van der Waals surface area contributed by atoms with Gasteiger partial charge in [-0.25, -0.2) is 9.67 Å². The molecule has 2 rings (SSSR count). The molecule has 1 atom stereocenters. The van der Waals surface area contributed by atoms with Gasteiger partial charge >= 0.3 is 0 Å². The number of aliphatic hydroxyl groups is 1. The van der Waals surface area contributed by atoms with E-state index >= 15 is 0 Å². The summed E-state index contributed by atoms with van der Waals surface area (Å²) < 4.78 is 7.13. The number of rotatable bonds is 4. The smallest absolute Gasteiger partial charge is 0.199 e. The molecule has 1 N–H and O–H groups in total. The zero-order chi connectivity index (χ0) is 15.0. The van der Waals surface area contributed by atoms with Gasteiger partial charge in [-0.3, -0.25) is 0 Å². The molecule has 0 aliphatic rings. The maximum absolute atomic E-state index is 10.1. The third kappa shape index (κ3) is 3.07. The van der Waals surface area contributed by atoms with E-state index in [4.69, 9.17) is 4.42 Å². The fourth-order valence-corrected chi connectivity index (χ4v) is 1.69. The quantitative estimate of drug-likeness (QED) is 0.928. The Morgan fingerprint density at radius 3 is 2.55 bits per heavy atom. The molecule has 0 aromatic carbocycles. The lowest BCUT2D eigenvalue weighted by atomic mass is 9.97. The molecule has 6 nitrogen and oxygen atoms in total. The Labute approximate surface area is 118 Å². The van der Waals surface area contributed by atoms with Crippen molar-refractivity contribution < 1.29 is 9.52 Å². The zero-order valence-corrected chi connectivity index (χ0v) is 12.7. The predicted molar refractivity (Wildman–Crippen MR) is 74.2 cm³/mol. The molecular formula is C14H22N4O2. The summed E-state index contributed by atoms with van der Waals surface area (Å²) >= 11 is 0. The van der Waals surface area contributed by atoms with E-state index in [0.717, 1.165) is 5.69 Å². The molecule has 0 bridgehead atoms. The van der Waals surface area contributed by atoms with Gasteiger partial charge in [0, 0.05) is 5.41 Å². The summed E-state index contributed by atoms with van der Waals surface area (Å²) in [5.74, 6) is 0.702. The fraction of sp³-hybridized carbons (Fsp3) is 0.643. The molecule has 1 unspecified atom stereocenters. The van der Waals surface area contributed by atoms with E-state index < -0.39 is 5.60 Å². The lowest BCUT2D eigenvalue weighted by Gasteiger charge is -2.16. The highest BCUT2D eigenvalue weighted by atomic mass is 16.3. The molecule has 2 aromatic rings. The highest BCUT2D eigenvalue weighted by Crippen LogP contribution is 2.23. The van der Waals surface area contributed by atoms with Crippen molar-refractivity contribution in [3.8, 4) is 0 Å². The maximum atomic E-state index is 10.1. The Kier molecular flexibility index (Phi) is 3.69. The van der Waals surface area contributed by atoms with Crippen molar-refractivity contribution in [2.45, 2.75) is 58.6 Å². The molecule has 110 valence electrons. The number of nitrogens with zero attached hydrogens (tertiary/aromatic N) is 4. The Bertz CT molecular complexity index is 578. The van der Waals surface area contributed by atoms with Crippen LogP contribution in [-0.4, -0.2) is 25.1 Å². The average molecular weight is 278 g/mol. The van der Waals surface area contributed by atoms with Gasteiger partial charge in [-0.15, -0.1) is 5.10 Å². The van der Waals surface area contributed by atoms with Gasteiger partial charge in [-0.2, -0.15) is 0 Å². The van der Waals surface area contributed by atoms with Gasteiger partial charge in [0.1, 0.15) is 23.3 Å². The molecule has 20 heavy (non-hydrogen) atoms. The minimum absolute atomic E-state index is 0.113. The van der Waals surface area contributed by atoms with Crippen LogP contribution >= 0.6 is 0 Å². The van der Waals surface area contributed by atoms with E-state index in [1.54, 1.807) is 24.1 Å². The van der Waals surface area contributed by atoms with Crippen molar-refractivity contribution in [1.29, 1.82) is 0 Å². The summed E-state index contributed by atoms with van der Waals surface area (Å²) in [6.07, 6.45) is 3.97. The van der Waals surface area contributed by atoms with Gasteiger partial charge in [0.05, 0.1) is 12.7 Å². The van der Waals surface area contributed by atoms with E-state index in [9.17, 15) is 5.11 Å². The second kappa shape index (κ2) is 5.01. The first-order valence-corrected chi connectivity index (χ1v) is 6.80. The number of oxazole rings is 1. The Hall–Kier alpha value is -1.69. The fourth-order valence-electron chi connectivity index (χ4n) is 1.69. The van der Waals surface area contributed by atoms with Crippen molar-refractivity contribution in [3.63, 3.8) is 0 Å². The van der Waals surface area contributed by atoms with E-state index in [1.807, 2.05) is 6.92 Å². The van der Waals surface area contributed by atoms with Gasteiger partial charge in [0.15, 0.2) is 5.89 Å². The van der Waals surface area contributed by atoms with Crippen molar-refractivity contribution in [1.82, 2.24) is 20.0 Å². The van der Waals surface area contributed by atoms with Crippen molar-refractivity contribution in [2.24, 2.45) is 0 Å². The second-order valence-corrected chi connectivity index (χ2v) is 6.32. The molecule has 0 fully saturated rings. The molecule has 0 aliphatic carbocycles. The molecule has 2 heterocycles. The van der Waals surface area contributed by atoms with Crippen LogP contribution in [0.5, 0.6) is 0 Å². The highest BCUT2D eigenvalue weighted by Gasteiger charge is 2.25. The monoisotopic (exact) mass is 278 g/mol. The molecule has 6 heteroatoms. The zero-order valence-electron chi connectivity index (χ0n) is 12.7. The van der Waals surface area contributed by atoms with Gasteiger partial charge in [-0.05, 0) is 13.3 Å². The Morgan fingerprint density at radius 2 is 2.00 bits per heavy atom. The van der Waals surface area contributed by atoms with E-state index in [0.29, 0.717) is 24.6 Å². The largest absolute Gasteiger partial charge is 0.448 e. The molecule has 0 amide bonds. The van der Waals surface area contributed by atoms with Crippen molar-refractivity contribution >= 4 is 0 Å². The van der Waals surface area contributed by atoms with Crippen LogP contribution in [0.15, 0.2) is 16.9 Å². The summed E-state index contributed by atoms with van der Waals surface area (Å²) in [5, 5.41) is 18.2. The summed E-state index contributed by atoms with van der Waals surface area (Å²) in [5.41, 5.74) is 0.304. The predicted octanol–water partition coefficient (Wildman–Crippen LogP) is 2.23. The summed E-state index contributed by atoms with van der Waals surface area (Å²) in [6.45, 7) is 10.3. The maximum Gasteiger partial charge on any atom is 0.199 e. The van der Waals surface area contributed by atoms with Gasteiger partial charge in [-0.1, -0.05) is 32.9 Å². The standard InChI is InChI=1S/C14H22N4O2/c1-6-14(5,19)11-8-18(17-16-11)7-10-9-20-12(15-10)13(2,3)4/h8-9,19H,6-7H2,1-5H3. The minimum Gasteiger partial charge on any atom is -0.448 e. The molecule has 0 saturated carbocycles. The summed E-state index contributed by atoms with van der Waals surface area (Å²) in [7, 11) is 0. The number of aromatic nitrogens is 4. The Morgan fingerprint density at radius 1 is 1.30 bits per heavy atom. The van der Waals surface area contributed by atoms with Crippen LogP contribution in [0.1, 0.15) is 58.3 Å². The molecule has 0 aliphatic heterocycles. The molecule has 0 saturated heterocycles. The lowest BCUT2D eigenvalue weighted by Crippen LogP contribution is -2.20. The molecule has 0 spiro atoms. The highest BCUT2D eigenvalue weighted by molar-refractivity contribution is 5.07. The number of hydrogen-bond acceptors (Lipinski definition) is 5. The molecular weight excluding hydrogens is 256 g/mol. The van der Waals surface area contributed by atoms with E-state index in [2.05, 4.69) is 36.1 Å². The van der Waals surface area contributed by atoms with Gasteiger partial charge in [0.2, 0.25) is 0 Å². The SMILES string of the molecule is CCC(C)(O)c1cn(Cc2coc(C(C)(C)C)n2)nn1. The Balaban J connectivity index is 2.13. The summed E-state index contributed by atoms with van der Waals surface area (Å²) in [6, 6.07) is 0. The van der Waals surface area contributed by atoms with Crippen LogP contribution in [-0.2, 0) is 17.6 Å². The first-order chi connectivity index (χ1) is 9.22. The van der Waals surface area contributed by atoms with E-state index in [1.165, 1.54) is 0 Å². The topological polar surface area (TPSA) is 77.0 Å². The van der Waals surface area contributed by atoms with Crippen LogP contribution in [0, 0.1) is 0 Å². The second-order valence-electron chi connectivity index (χ2n) is 6.32. The van der Waals surface area contributed by atoms with Crippen LogP contribution in [0.25, 0.3) is 0 Å². The molecule has 2 aromatic heterocycles. The van der Waals surface area contributed by atoms with Gasteiger partial charge in [0.25, 0.3) is 0 Å². The van der Waals surface area contributed by atoms with Crippen LogP contribution < -0.4 is 0 Å². The summed E-state index contributed by atoms with van der Waals surface area (Å²) in [4.78, 5) is 4.45. The van der Waals surface area contributed by atoms with E-state index in [-0.39, 0.29) is 5.41 Å². The van der Waals surface area contributed by atoms with Crippen LogP contribution in [0.3, 0.4) is 0 Å².